The molecule has 0 aromatic carbocycles. The fourth-order valence-corrected chi connectivity index (χ4v) is 7.50. The van der Waals surface area contributed by atoms with Gasteiger partial charge in [0.15, 0.2) is 5.65 Å². The van der Waals surface area contributed by atoms with Crippen LogP contribution < -0.4 is 10.6 Å². The van der Waals surface area contributed by atoms with Gasteiger partial charge in [0.25, 0.3) is 0 Å². The van der Waals surface area contributed by atoms with E-state index in [1.54, 1.807) is 0 Å². The first-order chi connectivity index (χ1) is 17.5. The van der Waals surface area contributed by atoms with Gasteiger partial charge < -0.3 is 15.5 Å². The summed E-state index contributed by atoms with van der Waals surface area (Å²) in [6, 6.07) is 2.63. The summed E-state index contributed by atoms with van der Waals surface area (Å²) in [6.45, 7) is 10.3. The molecule has 0 aliphatic carbocycles. The second-order valence-corrected chi connectivity index (χ2v) is 12.1. The monoisotopic (exact) mass is 513 g/mol. The van der Waals surface area contributed by atoms with Crippen LogP contribution in [0.1, 0.15) is 82.5 Å². The van der Waals surface area contributed by atoms with Gasteiger partial charge in [-0.05, 0) is 52.5 Å². The largest absolute Gasteiger partial charge is 0.355 e. The number of anilines is 1. The zero-order valence-electron chi connectivity index (χ0n) is 22.2. The molecule has 5 rings (SSSR count). The number of amides is 1. The highest BCUT2D eigenvalue weighted by Crippen LogP contribution is 2.37. The van der Waals surface area contributed by atoms with Crippen molar-refractivity contribution in [1.29, 1.82) is 0 Å². The van der Waals surface area contributed by atoms with Crippen LogP contribution in [0.25, 0.3) is 5.65 Å². The lowest BCUT2D eigenvalue weighted by Crippen LogP contribution is -2.47. The van der Waals surface area contributed by atoms with Crippen LogP contribution in [-0.2, 0) is 4.79 Å². The summed E-state index contributed by atoms with van der Waals surface area (Å²) in [6.07, 6.45) is 11.3. The van der Waals surface area contributed by atoms with Crippen LogP contribution in [0, 0.1) is 6.92 Å². The highest BCUT2D eigenvalue weighted by molar-refractivity contribution is 8.00. The zero-order chi connectivity index (χ0) is 25.2. The fourth-order valence-electron chi connectivity index (χ4n) is 6.06. The van der Waals surface area contributed by atoms with Crippen LogP contribution in [0.2, 0.25) is 0 Å². The van der Waals surface area contributed by atoms with Crippen LogP contribution >= 0.6 is 11.8 Å². The Morgan fingerprint density at radius 3 is 2.83 bits per heavy atom. The maximum atomic E-state index is 13.9. The number of rotatable bonds is 8. The van der Waals surface area contributed by atoms with Crippen LogP contribution in [0.5, 0.6) is 0 Å². The average Bonchev–Trinajstić information content (AvgIpc) is 3.59. The van der Waals surface area contributed by atoms with Gasteiger partial charge in [0.05, 0.1) is 11.7 Å². The van der Waals surface area contributed by atoms with Crippen LogP contribution in [-0.4, -0.2) is 79.7 Å². The maximum absolute atomic E-state index is 13.9. The Kier molecular flexibility index (Phi) is 8.08. The van der Waals surface area contributed by atoms with Gasteiger partial charge in [0, 0.05) is 55.4 Å². The van der Waals surface area contributed by atoms with E-state index in [0.29, 0.717) is 5.91 Å². The molecule has 3 fully saturated rings. The molecule has 5 heterocycles. The lowest BCUT2D eigenvalue weighted by Gasteiger charge is -2.37. The quantitative estimate of drug-likeness (QED) is 0.535. The Balaban J connectivity index is 1.32. The van der Waals surface area contributed by atoms with Crippen molar-refractivity contribution in [2.24, 2.45) is 5.73 Å². The molecule has 0 saturated carbocycles. The number of unbranched alkanes of at least 4 members (excludes halogenated alkanes) is 3. The van der Waals surface area contributed by atoms with E-state index >= 15 is 0 Å². The summed E-state index contributed by atoms with van der Waals surface area (Å²) in [4.78, 5) is 25.8. The summed E-state index contributed by atoms with van der Waals surface area (Å²) in [5.41, 5.74) is 9.08. The van der Waals surface area contributed by atoms with Gasteiger partial charge in [-0.2, -0.15) is 5.10 Å². The molecule has 0 radical (unpaired) electrons. The number of likely N-dealkylation sites (tertiary alicyclic amines) is 1. The van der Waals surface area contributed by atoms with Gasteiger partial charge in [0.1, 0.15) is 11.1 Å². The molecule has 198 valence electrons. The third kappa shape index (κ3) is 5.24. The molecular weight excluding hydrogens is 470 g/mol. The first-order valence-corrected chi connectivity index (χ1v) is 15.0. The van der Waals surface area contributed by atoms with E-state index in [4.69, 9.17) is 15.8 Å². The molecule has 2 N–H and O–H groups in total. The lowest BCUT2D eigenvalue weighted by atomic mass is 9.98. The first-order valence-electron chi connectivity index (χ1n) is 14.0. The molecule has 2 aromatic rings. The fraction of sp³-hybridized carbons (Fsp3) is 0.741. The van der Waals surface area contributed by atoms with E-state index in [-0.39, 0.29) is 23.4 Å². The molecule has 3 aliphatic rings. The zero-order valence-corrected chi connectivity index (χ0v) is 23.1. The van der Waals surface area contributed by atoms with E-state index in [1.807, 2.05) is 16.3 Å². The van der Waals surface area contributed by atoms with Gasteiger partial charge in [-0.3, -0.25) is 9.69 Å². The Morgan fingerprint density at radius 2 is 2.06 bits per heavy atom. The Morgan fingerprint density at radius 1 is 1.19 bits per heavy atom. The second-order valence-electron chi connectivity index (χ2n) is 11.0. The molecule has 36 heavy (non-hydrogen) atoms. The summed E-state index contributed by atoms with van der Waals surface area (Å²) in [7, 11) is 0. The number of hydrogen-bond donors (Lipinski definition) is 1. The van der Waals surface area contributed by atoms with Crippen LogP contribution in [0.3, 0.4) is 0 Å². The number of aryl methyl sites for hydroxylation is 1. The Labute approximate surface area is 220 Å². The summed E-state index contributed by atoms with van der Waals surface area (Å²) >= 11 is 1.83. The molecule has 2 aromatic heterocycles. The highest BCUT2D eigenvalue weighted by Gasteiger charge is 2.41. The van der Waals surface area contributed by atoms with E-state index < -0.39 is 0 Å². The average molecular weight is 514 g/mol. The van der Waals surface area contributed by atoms with E-state index in [2.05, 4.69) is 47.7 Å². The minimum Gasteiger partial charge on any atom is -0.355 e. The first kappa shape index (κ1) is 25.8. The number of fused-ring (bicyclic) bond motifs is 1. The van der Waals surface area contributed by atoms with Crippen LogP contribution in [0.4, 0.5) is 5.82 Å². The van der Waals surface area contributed by atoms with Crippen molar-refractivity contribution in [3.8, 4) is 0 Å². The van der Waals surface area contributed by atoms with Crippen molar-refractivity contribution in [3.05, 3.63) is 23.5 Å². The normalized spacial score (nSPS) is 27.4. The number of nitrogens with two attached hydrogens (primary N) is 1. The van der Waals surface area contributed by atoms with E-state index in [9.17, 15) is 4.79 Å². The number of hydrogen-bond acceptors (Lipinski definition) is 7. The summed E-state index contributed by atoms with van der Waals surface area (Å²) in [5, 5.41) is 4.94. The third-order valence-corrected chi connectivity index (χ3v) is 9.69. The van der Waals surface area contributed by atoms with Crippen molar-refractivity contribution < 1.29 is 4.79 Å². The number of carbonyl (C=O) groups excluding carboxylic acids is 1. The molecule has 3 aliphatic heterocycles. The summed E-state index contributed by atoms with van der Waals surface area (Å²) < 4.78 is 1.90. The van der Waals surface area contributed by atoms with Gasteiger partial charge in [-0.1, -0.05) is 26.2 Å². The van der Waals surface area contributed by atoms with Crippen molar-refractivity contribution in [2.75, 3.05) is 37.0 Å². The smallest absolute Gasteiger partial charge is 0.237 e. The maximum Gasteiger partial charge on any atom is 0.237 e. The van der Waals surface area contributed by atoms with Crippen molar-refractivity contribution >= 4 is 29.1 Å². The van der Waals surface area contributed by atoms with E-state index in [0.717, 1.165) is 80.5 Å². The van der Waals surface area contributed by atoms with Gasteiger partial charge in [0.2, 0.25) is 5.91 Å². The number of carbonyl (C=O) groups is 1. The standard InChI is InChI=1S/C27H43N7OS/c1-4-5-6-8-12-32-18-36-25(20(32)3)27(35)33-13-9-7-10-23(33)22-15-24-29-26(19(2)16-34(24)30-22)31-14-11-21(28)17-31/h15-16,20-21,23,25H,4-14,17-18,28H2,1-3H3. The molecule has 3 saturated heterocycles. The molecule has 8 nitrogen and oxygen atoms in total. The van der Waals surface area contributed by atoms with Crippen molar-refractivity contribution in [1.82, 2.24) is 24.4 Å². The SMILES string of the molecule is CCCCCCN1CSC(C(=O)N2CCCCC2c2cc3nc(N4CCC(N)C4)c(C)cn3n2)C1C. The molecule has 0 bridgehead atoms. The molecule has 9 heteroatoms. The molecule has 1 amide bonds. The minimum atomic E-state index is 0.0140. The van der Waals surface area contributed by atoms with Gasteiger partial charge >= 0.3 is 0 Å². The number of nitrogens with zero attached hydrogens (tertiary/aromatic N) is 6. The van der Waals surface area contributed by atoms with E-state index in [1.165, 1.54) is 25.7 Å². The third-order valence-electron chi connectivity index (χ3n) is 8.25. The van der Waals surface area contributed by atoms with Gasteiger partial charge in [-0.15, -0.1) is 11.8 Å². The number of piperidine rings is 1. The predicted octanol–water partition coefficient (Wildman–Crippen LogP) is 3.97. The second kappa shape index (κ2) is 11.3. The van der Waals surface area contributed by atoms with Crippen molar-refractivity contribution in [2.45, 2.75) is 95.5 Å². The lowest BCUT2D eigenvalue weighted by molar-refractivity contribution is -0.135. The number of thioether (sulfide) groups is 1. The molecular formula is C27H43N7OS. The molecule has 4 atom stereocenters. The molecule has 0 spiro atoms. The minimum absolute atomic E-state index is 0.0140. The Bertz CT molecular complexity index is 1060. The van der Waals surface area contributed by atoms with Gasteiger partial charge in [-0.25, -0.2) is 9.50 Å². The van der Waals surface area contributed by atoms with Crippen molar-refractivity contribution in [3.63, 3.8) is 0 Å². The topological polar surface area (TPSA) is 83.0 Å². The predicted molar refractivity (Wildman–Crippen MR) is 147 cm³/mol. The summed E-state index contributed by atoms with van der Waals surface area (Å²) in [5.74, 6) is 2.26. The highest BCUT2D eigenvalue weighted by atomic mass is 32.2. The Hall–Kier alpha value is -1.84. The van der Waals surface area contributed by atoms with Crippen LogP contribution in [0.15, 0.2) is 12.3 Å². The molecule has 4 unspecified atom stereocenters. The number of aromatic nitrogens is 3.